The van der Waals surface area contributed by atoms with Crippen LogP contribution in [0.25, 0.3) is 0 Å². The Balaban J connectivity index is 2.01. The summed E-state index contributed by atoms with van der Waals surface area (Å²) in [4.78, 5) is 0. The van der Waals surface area contributed by atoms with Crippen LogP contribution in [0.15, 0.2) is 18.2 Å². The standard InChI is InChI=1S/C14H14FNO2/c15-10-1-4-13(9(5-10)8-16)14(17)6-11-2-3-12(7-14)18-11/h1,4-5,11-12,17H,2-3,6-7H2. The van der Waals surface area contributed by atoms with Crippen LogP contribution in [0, 0.1) is 17.1 Å². The first-order valence-electron chi connectivity index (χ1n) is 6.19. The zero-order valence-electron chi connectivity index (χ0n) is 9.90. The van der Waals surface area contributed by atoms with Crippen molar-refractivity contribution in [3.05, 3.63) is 35.1 Å². The molecule has 18 heavy (non-hydrogen) atoms. The Morgan fingerprint density at radius 1 is 1.33 bits per heavy atom. The SMILES string of the molecule is N#Cc1cc(F)ccc1C1(O)CC2CCC(C1)O2. The molecule has 2 fully saturated rings. The molecule has 3 rings (SSSR count). The molecule has 2 heterocycles. The predicted molar refractivity (Wildman–Crippen MR) is 62.1 cm³/mol. The van der Waals surface area contributed by atoms with Gasteiger partial charge >= 0.3 is 0 Å². The van der Waals surface area contributed by atoms with Gasteiger partial charge in [-0.25, -0.2) is 4.39 Å². The summed E-state index contributed by atoms with van der Waals surface area (Å²) >= 11 is 0. The van der Waals surface area contributed by atoms with Gasteiger partial charge in [0.05, 0.1) is 29.4 Å². The fourth-order valence-electron chi connectivity index (χ4n) is 3.15. The van der Waals surface area contributed by atoms with Crippen molar-refractivity contribution >= 4 is 0 Å². The Bertz CT molecular complexity index is 511. The van der Waals surface area contributed by atoms with E-state index in [-0.39, 0.29) is 17.8 Å². The van der Waals surface area contributed by atoms with Gasteiger partial charge in [0, 0.05) is 18.4 Å². The molecule has 2 unspecified atom stereocenters. The molecule has 0 saturated carbocycles. The van der Waals surface area contributed by atoms with Crippen molar-refractivity contribution in [1.82, 2.24) is 0 Å². The number of nitrogens with zero attached hydrogens (tertiary/aromatic N) is 1. The lowest BCUT2D eigenvalue weighted by Gasteiger charge is -2.37. The van der Waals surface area contributed by atoms with Crippen LogP contribution in [0.5, 0.6) is 0 Å². The van der Waals surface area contributed by atoms with Crippen molar-refractivity contribution in [2.45, 2.75) is 43.5 Å². The highest BCUT2D eigenvalue weighted by Gasteiger charge is 2.45. The van der Waals surface area contributed by atoms with Crippen LogP contribution in [0.2, 0.25) is 0 Å². The minimum absolute atomic E-state index is 0.0605. The zero-order chi connectivity index (χ0) is 12.8. The highest BCUT2D eigenvalue weighted by atomic mass is 19.1. The van der Waals surface area contributed by atoms with Crippen LogP contribution >= 0.6 is 0 Å². The maximum Gasteiger partial charge on any atom is 0.124 e. The molecule has 2 atom stereocenters. The molecule has 2 bridgehead atoms. The molecule has 0 aromatic heterocycles. The number of benzene rings is 1. The second-order valence-corrected chi connectivity index (χ2v) is 5.20. The van der Waals surface area contributed by atoms with E-state index >= 15 is 0 Å². The summed E-state index contributed by atoms with van der Waals surface area (Å²) in [6.07, 6.45) is 3.01. The minimum Gasteiger partial charge on any atom is -0.385 e. The van der Waals surface area contributed by atoms with Gasteiger partial charge in [0.25, 0.3) is 0 Å². The van der Waals surface area contributed by atoms with Crippen molar-refractivity contribution in [2.75, 3.05) is 0 Å². The normalized spacial score (nSPS) is 34.3. The van der Waals surface area contributed by atoms with Crippen molar-refractivity contribution < 1.29 is 14.2 Å². The third-order valence-corrected chi connectivity index (χ3v) is 3.93. The van der Waals surface area contributed by atoms with Crippen molar-refractivity contribution in [2.24, 2.45) is 0 Å². The molecule has 2 saturated heterocycles. The number of nitriles is 1. The predicted octanol–water partition coefficient (Wildman–Crippen LogP) is 2.23. The molecule has 0 radical (unpaired) electrons. The summed E-state index contributed by atoms with van der Waals surface area (Å²) in [5, 5.41) is 19.8. The monoisotopic (exact) mass is 247 g/mol. The van der Waals surface area contributed by atoms with Crippen molar-refractivity contribution in [3.63, 3.8) is 0 Å². The summed E-state index contributed by atoms with van der Waals surface area (Å²) in [6.45, 7) is 0. The number of halogens is 1. The van der Waals surface area contributed by atoms with Gasteiger partial charge in [0.2, 0.25) is 0 Å². The van der Waals surface area contributed by atoms with Crippen molar-refractivity contribution in [3.8, 4) is 6.07 Å². The Morgan fingerprint density at radius 2 is 2.00 bits per heavy atom. The van der Waals surface area contributed by atoms with Crippen LogP contribution < -0.4 is 0 Å². The average Bonchev–Trinajstić information content (AvgIpc) is 2.68. The van der Waals surface area contributed by atoms with Crippen LogP contribution in [0.3, 0.4) is 0 Å². The molecule has 2 aliphatic heterocycles. The molecule has 0 aliphatic carbocycles. The summed E-state index contributed by atoms with van der Waals surface area (Å²) in [7, 11) is 0. The van der Waals surface area contributed by atoms with E-state index in [2.05, 4.69) is 0 Å². The Labute approximate surface area is 105 Å². The van der Waals surface area contributed by atoms with E-state index in [0.29, 0.717) is 18.4 Å². The topological polar surface area (TPSA) is 53.2 Å². The fraction of sp³-hybridized carbons (Fsp3) is 0.500. The van der Waals surface area contributed by atoms with Gasteiger partial charge in [-0.05, 0) is 25.0 Å². The summed E-state index contributed by atoms with van der Waals surface area (Å²) in [5.41, 5.74) is -0.298. The number of hydrogen-bond acceptors (Lipinski definition) is 3. The quantitative estimate of drug-likeness (QED) is 0.828. The van der Waals surface area contributed by atoms with E-state index in [4.69, 9.17) is 10.00 Å². The lowest BCUT2D eigenvalue weighted by atomic mass is 9.81. The summed E-state index contributed by atoms with van der Waals surface area (Å²) in [6, 6.07) is 5.98. The summed E-state index contributed by atoms with van der Waals surface area (Å²) in [5.74, 6) is -0.450. The lowest BCUT2D eigenvalue weighted by molar-refractivity contribution is -0.115. The highest BCUT2D eigenvalue weighted by Crippen LogP contribution is 2.44. The van der Waals surface area contributed by atoms with Gasteiger partial charge < -0.3 is 9.84 Å². The van der Waals surface area contributed by atoms with E-state index in [1.165, 1.54) is 18.2 Å². The van der Waals surface area contributed by atoms with Crippen molar-refractivity contribution in [1.29, 1.82) is 5.26 Å². The molecular weight excluding hydrogens is 233 g/mol. The van der Waals surface area contributed by atoms with Gasteiger partial charge in [-0.3, -0.25) is 0 Å². The maximum absolute atomic E-state index is 13.1. The second kappa shape index (κ2) is 4.04. The second-order valence-electron chi connectivity index (χ2n) is 5.20. The van der Waals surface area contributed by atoms with Crippen LogP contribution in [0.4, 0.5) is 4.39 Å². The number of ether oxygens (including phenoxy) is 1. The maximum atomic E-state index is 13.1. The number of aliphatic hydroxyl groups is 1. The molecule has 0 spiro atoms. The molecule has 1 aromatic rings. The summed E-state index contributed by atoms with van der Waals surface area (Å²) < 4.78 is 18.8. The fourth-order valence-corrected chi connectivity index (χ4v) is 3.15. The molecule has 0 amide bonds. The van der Waals surface area contributed by atoms with Crippen LogP contribution in [0.1, 0.15) is 36.8 Å². The van der Waals surface area contributed by atoms with E-state index in [0.717, 1.165) is 12.8 Å². The smallest absolute Gasteiger partial charge is 0.124 e. The van der Waals surface area contributed by atoms with E-state index in [1.807, 2.05) is 6.07 Å². The van der Waals surface area contributed by atoms with Gasteiger partial charge in [0.1, 0.15) is 5.82 Å². The Morgan fingerprint density at radius 3 is 2.61 bits per heavy atom. The van der Waals surface area contributed by atoms with Crippen LogP contribution in [-0.4, -0.2) is 17.3 Å². The lowest BCUT2D eigenvalue weighted by Crippen LogP contribution is -2.39. The molecular formula is C14H14FNO2. The van der Waals surface area contributed by atoms with Gasteiger partial charge in [-0.15, -0.1) is 0 Å². The molecule has 2 aliphatic rings. The van der Waals surface area contributed by atoms with E-state index in [9.17, 15) is 9.50 Å². The van der Waals surface area contributed by atoms with E-state index in [1.54, 1.807) is 0 Å². The van der Waals surface area contributed by atoms with Gasteiger partial charge in [0.15, 0.2) is 0 Å². The first kappa shape index (κ1) is 11.6. The number of hydrogen-bond donors (Lipinski definition) is 1. The van der Waals surface area contributed by atoms with E-state index < -0.39 is 11.4 Å². The first-order chi connectivity index (χ1) is 8.60. The van der Waals surface area contributed by atoms with Crippen LogP contribution in [-0.2, 0) is 10.3 Å². The third-order valence-electron chi connectivity index (χ3n) is 3.93. The Hall–Kier alpha value is -1.44. The largest absolute Gasteiger partial charge is 0.385 e. The molecule has 1 aromatic carbocycles. The number of rotatable bonds is 1. The molecule has 94 valence electrons. The van der Waals surface area contributed by atoms with Gasteiger partial charge in [-0.2, -0.15) is 5.26 Å². The van der Waals surface area contributed by atoms with Gasteiger partial charge in [-0.1, -0.05) is 6.07 Å². The third kappa shape index (κ3) is 1.80. The molecule has 3 nitrogen and oxygen atoms in total. The average molecular weight is 247 g/mol. The molecule has 4 heteroatoms. The first-order valence-corrected chi connectivity index (χ1v) is 6.19. The Kier molecular flexibility index (Phi) is 2.61. The minimum atomic E-state index is -1.05. The zero-order valence-corrected chi connectivity index (χ0v) is 9.90. The highest BCUT2D eigenvalue weighted by molar-refractivity contribution is 5.42. The molecule has 1 N–H and O–H groups in total. The number of fused-ring (bicyclic) bond motifs is 2.